The molecule has 1 aromatic carbocycles. The van der Waals surface area contributed by atoms with Crippen LogP contribution in [0.2, 0.25) is 5.02 Å². The maximum atomic E-state index is 13.3. The Labute approximate surface area is 128 Å². The fourth-order valence-corrected chi connectivity index (χ4v) is 3.73. The lowest BCUT2D eigenvalue weighted by Crippen LogP contribution is -2.38. The minimum Gasteiger partial charge on any atom is -0.409 e. The molecule has 0 bridgehead atoms. The van der Waals surface area contributed by atoms with Crippen LogP contribution in [-0.2, 0) is 10.0 Å². The Hall–Kier alpha value is -1.38. The summed E-state index contributed by atoms with van der Waals surface area (Å²) in [7, 11) is -3.97. The van der Waals surface area contributed by atoms with Crippen LogP contribution in [0.15, 0.2) is 28.3 Å². The third-order valence-electron chi connectivity index (χ3n) is 2.96. The first-order chi connectivity index (χ1) is 9.73. The van der Waals surface area contributed by atoms with Crippen LogP contribution in [-0.4, -0.2) is 36.9 Å². The second-order valence-electron chi connectivity index (χ2n) is 4.46. The number of oxime groups is 1. The van der Waals surface area contributed by atoms with Gasteiger partial charge < -0.3 is 10.9 Å². The van der Waals surface area contributed by atoms with Gasteiger partial charge >= 0.3 is 0 Å². The van der Waals surface area contributed by atoms with Gasteiger partial charge in [0.05, 0.1) is 5.02 Å². The van der Waals surface area contributed by atoms with E-state index in [9.17, 15) is 12.8 Å². The highest BCUT2D eigenvalue weighted by molar-refractivity contribution is 7.89. The summed E-state index contributed by atoms with van der Waals surface area (Å²) in [4.78, 5) is -0.308. The molecule has 0 aliphatic heterocycles. The SMILES string of the molecule is CCN(CC(C)/C(N)=N/O)S(=O)(=O)c1cc(F)ccc1Cl. The smallest absolute Gasteiger partial charge is 0.244 e. The maximum absolute atomic E-state index is 13.3. The zero-order valence-electron chi connectivity index (χ0n) is 11.6. The van der Waals surface area contributed by atoms with E-state index in [2.05, 4.69) is 5.16 Å². The number of nitrogens with zero attached hydrogens (tertiary/aromatic N) is 2. The molecular formula is C12H17ClFN3O3S. The highest BCUT2D eigenvalue weighted by Gasteiger charge is 2.28. The molecule has 0 spiro atoms. The van der Waals surface area contributed by atoms with Gasteiger partial charge in [0.2, 0.25) is 10.0 Å². The Morgan fingerprint density at radius 2 is 2.19 bits per heavy atom. The Morgan fingerprint density at radius 3 is 2.71 bits per heavy atom. The van der Waals surface area contributed by atoms with Crippen LogP contribution in [0.4, 0.5) is 4.39 Å². The number of nitrogens with two attached hydrogens (primary N) is 1. The maximum Gasteiger partial charge on any atom is 0.244 e. The molecule has 0 saturated heterocycles. The molecule has 0 aromatic heterocycles. The Balaban J connectivity index is 3.17. The summed E-state index contributed by atoms with van der Waals surface area (Å²) in [6, 6.07) is 3.13. The van der Waals surface area contributed by atoms with Crippen molar-refractivity contribution in [1.82, 2.24) is 4.31 Å². The van der Waals surface area contributed by atoms with Gasteiger partial charge in [-0.2, -0.15) is 4.31 Å². The number of benzene rings is 1. The number of rotatable bonds is 6. The van der Waals surface area contributed by atoms with E-state index in [0.717, 1.165) is 16.4 Å². The van der Waals surface area contributed by atoms with E-state index in [1.54, 1.807) is 13.8 Å². The number of sulfonamides is 1. The van der Waals surface area contributed by atoms with Crippen LogP contribution < -0.4 is 5.73 Å². The Kier molecular flexibility index (Phi) is 5.94. The zero-order valence-corrected chi connectivity index (χ0v) is 13.2. The lowest BCUT2D eigenvalue weighted by molar-refractivity contribution is 0.311. The molecule has 0 heterocycles. The topological polar surface area (TPSA) is 96.0 Å². The van der Waals surface area contributed by atoms with Crippen molar-refractivity contribution >= 4 is 27.5 Å². The summed E-state index contributed by atoms with van der Waals surface area (Å²) in [5, 5.41) is 11.4. The van der Waals surface area contributed by atoms with Crippen LogP contribution in [0, 0.1) is 11.7 Å². The van der Waals surface area contributed by atoms with E-state index in [1.165, 1.54) is 6.07 Å². The number of hydrogen-bond donors (Lipinski definition) is 2. The minimum atomic E-state index is -3.97. The molecule has 9 heteroatoms. The van der Waals surface area contributed by atoms with Gasteiger partial charge in [-0.3, -0.25) is 0 Å². The lowest BCUT2D eigenvalue weighted by atomic mass is 10.1. The second kappa shape index (κ2) is 7.06. The van der Waals surface area contributed by atoms with Crippen molar-refractivity contribution in [2.45, 2.75) is 18.7 Å². The summed E-state index contributed by atoms with van der Waals surface area (Å²) in [5.41, 5.74) is 5.45. The number of hydrogen-bond acceptors (Lipinski definition) is 4. The third-order valence-corrected chi connectivity index (χ3v) is 5.38. The average Bonchev–Trinajstić information content (AvgIpc) is 2.45. The van der Waals surface area contributed by atoms with Gasteiger partial charge in [-0.15, -0.1) is 0 Å². The molecule has 0 aliphatic carbocycles. The van der Waals surface area contributed by atoms with Gasteiger partial charge in [0.1, 0.15) is 16.5 Å². The highest BCUT2D eigenvalue weighted by Crippen LogP contribution is 2.26. The van der Waals surface area contributed by atoms with Crippen molar-refractivity contribution in [3.8, 4) is 0 Å². The van der Waals surface area contributed by atoms with Crippen molar-refractivity contribution in [3.05, 3.63) is 29.0 Å². The standard InChI is InChI=1S/C12H17ClFN3O3S/c1-3-17(7-8(2)12(15)16-18)21(19,20)11-6-9(14)4-5-10(11)13/h4-6,8,18H,3,7H2,1-2H3,(H2,15,16). The predicted molar refractivity (Wildman–Crippen MR) is 78.4 cm³/mol. The molecule has 0 amide bonds. The van der Waals surface area contributed by atoms with Crippen LogP contribution in [0.1, 0.15) is 13.8 Å². The van der Waals surface area contributed by atoms with Crippen molar-refractivity contribution in [3.63, 3.8) is 0 Å². The molecule has 118 valence electrons. The second-order valence-corrected chi connectivity index (χ2v) is 6.77. The summed E-state index contributed by atoms with van der Waals surface area (Å²) >= 11 is 5.85. The number of halogens is 2. The summed E-state index contributed by atoms with van der Waals surface area (Å²) in [6.45, 7) is 3.37. The van der Waals surface area contributed by atoms with E-state index in [1.807, 2.05) is 0 Å². The third kappa shape index (κ3) is 4.05. The van der Waals surface area contributed by atoms with Crippen molar-refractivity contribution in [2.75, 3.05) is 13.1 Å². The molecule has 1 aromatic rings. The average molecular weight is 338 g/mol. The summed E-state index contributed by atoms with van der Waals surface area (Å²) in [5.74, 6) is -1.29. The molecule has 6 nitrogen and oxygen atoms in total. The zero-order chi connectivity index (χ0) is 16.2. The molecule has 0 aliphatic rings. The molecule has 1 atom stereocenters. The van der Waals surface area contributed by atoms with Gasteiger partial charge in [-0.1, -0.05) is 30.6 Å². The summed E-state index contributed by atoms with van der Waals surface area (Å²) in [6.07, 6.45) is 0. The van der Waals surface area contributed by atoms with Crippen LogP contribution in [0.3, 0.4) is 0 Å². The van der Waals surface area contributed by atoms with E-state index in [-0.39, 0.29) is 28.8 Å². The van der Waals surface area contributed by atoms with Gasteiger partial charge in [0, 0.05) is 19.0 Å². The normalized spacial score (nSPS) is 14.4. The van der Waals surface area contributed by atoms with Crippen molar-refractivity contribution in [1.29, 1.82) is 0 Å². The highest BCUT2D eigenvalue weighted by atomic mass is 35.5. The Bertz CT molecular complexity index is 637. The first-order valence-corrected chi connectivity index (χ1v) is 7.98. The minimum absolute atomic E-state index is 0.0123. The van der Waals surface area contributed by atoms with Crippen molar-refractivity contribution in [2.24, 2.45) is 16.8 Å². The molecule has 0 fully saturated rings. The van der Waals surface area contributed by atoms with Crippen molar-refractivity contribution < 1.29 is 18.0 Å². The van der Waals surface area contributed by atoms with Gasteiger partial charge in [0.15, 0.2) is 0 Å². The molecule has 1 unspecified atom stereocenters. The van der Waals surface area contributed by atoms with Gasteiger partial charge in [0.25, 0.3) is 0 Å². The lowest BCUT2D eigenvalue weighted by Gasteiger charge is -2.23. The van der Waals surface area contributed by atoms with E-state index in [0.29, 0.717) is 0 Å². The molecule has 0 saturated carbocycles. The number of amidine groups is 1. The van der Waals surface area contributed by atoms with E-state index >= 15 is 0 Å². The van der Waals surface area contributed by atoms with Crippen LogP contribution in [0.5, 0.6) is 0 Å². The van der Waals surface area contributed by atoms with Gasteiger partial charge in [-0.25, -0.2) is 12.8 Å². The fourth-order valence-electron chi connectivity index (χ4n) is 1.71. The van der Waals surface area contributed by atoms with E-state index in [4.69, 9.17) is 22.5 Å². The molecule has 21 heavy (non-hydrogen) atoms. The molecule has 3 N–H and O–H groups in total. The van der Waals surface area contributed by atoms with Crippen LogP contribution >= 0.6 is 11.6 Å². The first kappa shape index (κ1) is 17.7. The predicted octanol–water partition coefficient (Wildman–Crippen LogP) is 1.87. The first-order valence-electron chi connectivity index (χ1n) is 6.16. The van der Waals surface area contributed by atoms with Crippen LogP contribution in [0.25, 0.3) is 0 Å². The summed E-state index contributed by atoms with van der Waals surface area (Å²) < 4.78 is 39.4. The monoisotopic (exact) mass is 337 g/mol. The van der Waals surface area contributed by atoms with Gasteiger partial charge in [-0.05, 0) is 18.2 Å². The molecule has 0 radical (unpaired) electrons. The fraction of sp³-hybridized carbons (Fsp3) is 0.417. The molecule has 1 rings (SSSR count). The molecular weight excluding hydrogens is 321 g/mol. The quantitative estimate of drug-likeness (QED) is 0.358. The van der Waals surface area contributed by atoms with E-state index < -0.39 is 21.8 Å². The Morgan fingerprint density at radius 1 is 1.57 bits per heavy atom. The largest absolute Gasteiger partial charge is 0.409 e.